The molecule has 2 heterocycles. The molecular weight excluding hydrogens is 278 g/mol. The summed E-state index contributed by atoms with van der Waals surface area (Å²) in [5.41, 5.74) is 7.83. The lowest BCUT2D eigenvalue weighted by Gasteiger charge is -2.02. The van der Waals surface area contributed by atoms with Crippen LogP contribution in [0.15, 0.2) is 27.2 Å². The minimum absolute atomic E-state index is 0.208. The predicted octanol–water partition coefficient (Wildman–Crippen LogP) is 1.14. The molecular formula is C9H11N3O2S3. The summed E-state index contributed by atoms with van der Waals surface area (Å²) in [6, 6.07) is 1.59. The summed E-state index contributed by atoms with van der Waals surface area (Å²) < 4.78 is 26.3. The minimum atomic E-state index is -3.46. The van der Waals surface area contributed by atoms with Gasteiger partial charge in [-0.1, -0.05) is 0 Å². The van der Waals surface area contributed by atoms with Crippen molar-refractivity contribution in [3.05, 3.63) is 32.9 Å². The molecule has 0 bridgehead atoms. The highest BCUT2D eigenvalue weighted by molar-refractivity contribution is 7.89. The molecule has 5 nitrogen and oxygen atoms in total. The zero-order valence-electron chi connectivity index (χ0n) is 8.79. The Morgan fingerprint density at radius 3 is 2.82 bits per heavy atom. The lowest BCUT2D eigenvalue weighted by molar-refractivity contribution is 0.581. The Kier molecular flexibility index (Phi) is 3.89. The van der Waals surface area contributed by atoms with Crippen molar-refractivity contribution in [2.45, 2.75) is 18.0 Å². The van der Waals surface area contributed by atoms with Crippen LogP contribution in [-0.4, -0.2) is 13.4 Å². The van der Waals surface area contributed by atoms with Crippen LogP contribution in [0.25, 0.3) is 0 Å². The van der Waals surface area contributed by atoms with Gasteiger partial charge in [-0.05, 0) is 6.07 Å². The van der Waals surface area contributed by atoms with Gasteiger partial charge in [-0.25, -0.2) is 18.1 Å². The third-order valence-electron chi connectivity index (χ3n) is 2.07. The van der Waals surface area contributed by atoms with E-state index in [4.69, 9.17) is 5.73 Å². The molecule has 17 heavy (non-hydrogen) atoms. The Hall–Kier alpha value is -0.800. The summed E-state index contributed by atoms with van der Waals surface area (Å²) in [7, 11) is -3.46. The van der Waals surface area contributed by atoms with Crippen molar-refractivity contribution >= 4 is 32.7 Å². The van der Waals surface area contributed by atoms with Crippen molar-refractivity contribution in [3.8, 4) is 0 Å². The second-order valence-electron chi connectivity index (χ2n) is 3.26. The maximum atomic E-state index is 11.9. The van der Waals surface area contributed by atoms with E-state index in [2.05, 4.69) is 9.71 Å². The molecule has 2 aromatic rings. The van der Waals surface area contributed by atoms with Crippen molar-refractivity contribution in [2.24, 2.45) is 5.73 Å². The second kappa shape index (κ2) is 5.23. The fraction of sp³-hybridized carbons (Fsp3) is 0.222. The molecule has 0 aliphatic heterocycles. The van der Waals surface area contributed by atoms with Crippen LogP contribution in [0.4, 0.5) is 0 Å². The van der Waals surface area contributed by atoms with Gasteiger partial charge in [-0.3, -0.25) is 0 Å². The minimum Gasteiger partial charge on any atom is -0.326 e. The van der Waals surface area contributed by atoms with E-state index in [0.717, 1.165) is 4.88 Å². The molecule has 0 aliphatic rings. The van der Waals surface area contributed by atoms with Crippen molar-refractivity contribution < 1.29 is 8.42 Å². The van der Waals surface area contributed by atoms with Crippen molar-refractivity contribution in [2.75, 3.05) is 0 Å². The molecule has 0 aromatic carbocycles. The van der Waals surface area contributed by atoms with Crippen molar-refractivity contribution in [3.63, 3.8) is 0 Å². The van der Waals surface area contributed by atoms with Crippen LogP contribution in [-0.2, 0) is 23.1 Å². The molecule has 0 unspecified atom stereocenters. The van der Waals surface area contributed by atoms with Crippen LogP contribution in [0.2, 0.25) is 0 Å². The SMILES string of the molecule is NCc1cc(S(=O)(=O)NCc2cscn2)cs1. The number of hydrogen-bond donors (Lipinski definition) is 2. The molecule has 92 valence electrons. The maximum absolute atomic E-state index is 11.9. The number of sulfonamides is 1. The molecule has 2 aromatic heterocycles. The third kappa shape index (κ3) is 3.11. The van der Waals surface area contributed by atoms with E-state index < -0.39 is 10.0 Å². The molecule has 0 saturated carbocycles. The Morgan fingerprint density at radius 1 is 1.41 bits per heavy atom. The summed E-state index contributed by atoms with van der Waals surface area (Å²) in [6.07, 6.45) is 0. The monoisotopic (exact) mass is 289 g/mol. The number of hydrogen-bond acceptors (Lipinski definition) is 6. The highest BCUT2D eigenvalue weighted by Gasteiger charge is 2.15. The molecule has 0 amide bonds. The average Bonchev–Trinajstić information content (AvgIpc) is 2.98. The van der Waals surface area contributed by atoms with E-state index in [1.807, 2.05) is 0 Å². The van der Waals surface area contributed by atoms with Gasteiger partial charge in [-0.2, -0.15) is 0 Å². The number of aromatic nitrogens is 1. The van der Waals surface area contributed by atoms with Crippen LogP contribution in [0.1, 0.15) is 10.6 Å². The largest absolute Gasteiger partial charge is 0.326 e. The average molecular weight is 289 g/mol. The smallest absolute Gasteiger partial charge is 0.241 e. The Bertz CT molecular complexity index is 574. The first-order valence-corrected chi connectivity index (χ1v) is 8.06. The zero-order chi connectivity index (χ0) is 12.3. The molecule has 8 heteroatoms. The van der Waals surface area contributed by atoms with Gasteiger partial charge in [-0.15, -0.1) is 22.7 Å². The third-order valence-corrected chi connectivity index (χ3v) is 5.19. The van der Waals surface area contributed by atoms with Gasteiger partial charge in [0.05, 0.1) is 22.6 Å². The second-order valence-corrected chi connectivity index (χ2v) is 6.74. The van der Waals surface area contributed by atoms with Gasteiger partial charge >= 0.3 is 0 Å². The number of rotatable bonds is 5. The highest BCUT2D eigenvalue weighted by atomic mass is 32.2. The van der Waals surface area contributed by atoms with E-state index in [1.165, 1.54) is 22.7 Å². The molecule has 3 N–H and O–H groups in total. The molecule has 0 atom stereocenters. The van der Waals surface area contributed by atoms with Gasteiger partial charge in [0.1, 0.15) is 0 Å². The van der Waals surface area contributed by atoms with E-state index in [1.54, 1.807) is 22.3 Å². The molecule has 0 fully saturated rings. The number of thiophene rings is 1. The van der Waals surface area contributed by atoms with Gasteiger partial charge in [0.15, 0.2) is 0 Å². The normalized spacial score (nSPS) is 11.8. The fourth-order valence-corrected chi connectivity index (χ4v) is 3.90. The maximum Gasteiger partial charge on any atom is 0.241 e. The van der Waals surface area contributed by atoms with Crippen LogP contribution < -0.4 is 10.5 Å². The Labute approximate surface area is 107 Å². The zero-order valence-corrected chi connectivity index (χ0v) is 11.2. The lowest BCUT2D eigenvalue weighted by atomic mass is 10.5. The Morgan fingerprint density at radius 2 is 2.24 bits per heavy atom. The van der Waals surface area contributed by atoms with Crippen LogP contribution in [0, 0.1) is 0 Å². The van der Waals surface area contributed by atoms with E-state index >= 15 is 0 Å². The van der Waals surface area contributed by atoms with Gasteiger partial charge < -0.3 is 5.73 Å². The fourth-order valence-electron chi connectivity index (χ4n) is 1.19. The molecule has 0 radical (unpaired) electrons. The first-order valence-electron chi connectivity index (χ1n) is 4.76. The summed E-state index contributed by atoms with van der Waals surface area (Å²) in [5, 5.41) is 3.40. The molecule has 0 spiro atoms. The number of nitrogens with one attached hydrogen (secondary N) is 1. The molecule has 0 aliphatic carbocycles. The van der Waals surface area contributed by atoms with E-state index in [0.29, 0.717) is 12.2 Å². The number of thiazole rings is 1. The quantitative estimate of drug-likeness (QED) is 0.864. The van der Waals surface area contributed by atoms with E-state index in [9.17, 15) is 8.42 Å². The topological polar surface area (TPSA) is 85.1 Å². The van der Waals surface area contributed by atoms with Crippen molar-refractivity contribution in [1.29, 1.82) is 0 Å². The van der Waals surface area contributed by atoms with E-state index in [-0.39, 0.29) is 11.4 Å². The summed E-state index contributed by atoms with van der Waals surface area (Å²) in [6.45, 7) is 0.561. The van der Waals surface area contributed by atoms with Gasteiger partial charge in [0, 0.05) is 22.2 Å². The standard InChI is InChI=1S/C9H11N3O2S3/c10-2-8-1-9(5-16-8)17(13,14)12-3-7-4-15-6-11-7/h1,4-6,12H,2-3,10H2. The number of nitrogens with zero attached hydrogens (tertiary/aromatic N) is 1. The summed E-state index contributed by atoms with van der Waals surface area (Å²) in [4.78, 5) is 5.12. The number of nitrogens with two attached hydrogens (primary N) is 1. The Balaban J connectivity index is 2.08. The molecule has 2 rings (SSSR count). The first kappa shape index (κ1) is 12.7. The summed E-state index contributed by atoms with van der Waals surface area (Å²) >= 11 is 2.78. The highest BCUT2D eigenvalue weighted by Crippen LogP contribution is 2.18. The van der Waals surface area contributed by atoms with Crippen LogP contribution >= 0.6 is 22.7 Å². The van der Waals surface area contributed by atoms with Gasteiger partial charge in [0.2, 0.25) is 10.0 Å². The summed E-state index contributed by atoms with van der Waals surface area (Å²) in [5.74, 6) is 0. The lowest BCUT2D eigenvalue weighted by Crippen LogP contribution is -2.22. The van der Waals surface area contributed by atoms with Crippen LogP contribution in [0.3, 0.4) is 0 Å². The van der Waals surface area contributed by atoms with Crippen molar-refractivity contribution in [1.82, 2.24) is 9.71 Å². The first-order chi connectivity index (χ1) is 8.12. The predicted molar refractivity (Wildman–Crippen MR) is 68.3 cm³/mol. The van der Waals surface area contributed by atoms with Crippen LogP contribution in [0.5, 0.6) is 0 Å². The van der Waals surface area contributed by atoms with Gasteiger partial charge in [0.25, 0.3) is 0 Å². The molecule has 0 saturated heterocycles.